The Morgan fingerprint density at radius 2 is 1.67 bits per heavy atom. The number of sulfonamides is 2. The number of aryl methyl sites for hydroxylation is 1. The molecule has 3 rings (SSSR count). The van der Waals surface area contributed by atoms with Crippen molar-refractivity contribution in [2.45, 2.75) is 31.1 Å². The first kappa shape index (κ1) is 25.0. The van der Waals surface area contributed by atoms with Gasteiger partial charge in [-0.1, -0.05) is 12.5 Å². The number of hydrogen-bond donors (Lipinski definition) is 1. The van der Waals surface area contributed by atoms with Crippen molar-refractivity contribution in [1.82, 2.24) is 4.31 Å². The zero-order chi connectivity index (χ0) is 24.2. The van der Waals surface area contributed by atoms with Crippen LogP contribution in [0.5, 0.6) is 5.75 Å². The Balaban J connectivity index is 1.76. The van der Waals surface area contributed by atoms with Crippen molar-refractivity contribution in [2.24, 2.45) is 0 Å². The van der Waals surface area contributed by atoms with E-state index in [1.165, 1.54) is 35.7 Å². The van der Waals surface area contributed by atoms with Crippen LogP contribution in [0.3, 0.4) is 0 Å². The lowest BCUT2D eigenvalue weighted by molar-refractivity contribution is -0.114. The van der Waals surface area contributed by atoms with Crippen molar-refractivity contribution in [3.8, 4) is 5.75 Å². The summed E-state index contributed by atoms with van der Waals surface area (Å²) in [7, 11) is -5.93. The lowest BCUT2D eigenvalue weighted by Gasteiger charge is -2.26. The summed E-state index contributed by atoms with van der Waals surface area (Å²) in [6.07, 6.45) is 3.73. The molecule has 9 nitrogen and oxygen atoms in total. The molecule has 11 heteroatoms. The van der Waals surface area contributed by atoms with Crippen LogP contribution in [-0.4, -0.2) is 60.0 Å². The van der Waals surface area contributed by atoms with Gasteiger partial charge in [0.15, 0.2) is 0 Å². The van der Waals surface area contributed by atoms with E-state index in [4.69, 9.17) is 4.74 Å². The third-order valence-corrected chi connectivity index (χ3v) is 8.42. The maximum absolute atomic E-state index is 12.8. The Labute approximate surface area is 195 Å². The van der Waals surface area contributed by atoms with E-state index in [0.717, 1.165) is 35.4 Å². The number of nitrogens with one attached hydrogen (secondary N) is 1. The van der Waals surface area contributed by atoms with Crippen LogP contribution >= 0.6 is 0 Å². The summed E-state index contributed by atoms with van der Waals surface area (Å²) in [6, 6.07) is 10.9. The van der Waals surface area contributed by atoms with E-state index in [1.54, 1.807) is 18.2 Å². The molecule has 2 aromatic carbocycles. The molecule has 0 atom stereocenters. The molecular weight excluding hydrogens is 466 g/mol. The summed E-state index contributed by atoms with van der Waals surface area (Å²) in [4.78, 5) is 12.8. The predicted octanol–water partition coefficient (Wildman–Crippen LogP) is 2.58. The average molecular weight is 496 g/mol. The summed E-state index contributed by atoms with van der Waals surface area (Å²) >= 11 is 0. The number of carbonyl (C=O) groups excluding carboxylic acids is 1. The molecule has 0 radical (unpaired) electrons. The second-order valence-corrected chi connectivity index (χ2v) is 11.8. The van der Waals surface area contributed by atoms with Crippen LogP contribution in [0.4, 0.5) is 11.4 Å². The number of benzene rings is 2. The fraction of sp³-hybridized carbons (Fsp3) is 0.409. The SMILES string of the molecule is COc1ccc(C)cc1N(CC(=O)Nc1ccc(S(=O)(=O)N2CCCCC2)cc1)S(C)(=O)=O. The molecule has 0 saturated carbocycles. The van der Waals surface area contributed by atoms with Crippen LogP contribution in [-0.2, 0) is 24.8 Å². The van der Waals surface area contributed by atoms with E-state index >= 15 is 0 Å². The molecule has 1 N–H and O–H groups in total. The quantitative estimate of drug-likeness (QED) is 0.602. The number of rotatable bonds is 8. The summed E-state index contributed by atoms with van der Waals surface area (Å²) in [5.41, 5.74) is 1.44. The molecule has 2 aromatic rings. The minimum atomic E-state index is -3.79. The van der Waals surface area contributed by atoms with Crippen molar-refractivity contribution in [1.29, 1.82) is 0 Å². The minimum Gasteiger partial charge on any atom is -0.495 e. The van der Waals surface area contributed by atoms with Crippen molar-refractivity contribution in [3.05, 3.63) is 48.0 Å². The number of carbonyl (C=O) groups is 1. The van der Waals surface area contributed by atoms with Gasteiger partial charge >= 0.3 is 0 Å². The lowest BCUT2D eigenvalue weighted by Crippen LogP contribution is -2.37. The monoisotopic (exact) mass is 495 g/mol. The zero-order valence-electron chi connectivity index (χ0n) is 18.9. The van der Waals surface area contributed by atoms with Crippen LogP contribution in [0.2, 0.25) is 0 Å². The smallest absolute Gasteiger partial charge is 0.245 e. The minimum absolute atomic E-state index is 0.157. The molecule has 1 heterocycles. The number of ether oxygens (including phenoxy) is 1. The lowest BCUT2D eigenvalue weighted by atomic mass is 10.2. The number of piperidine rings is 1. The average Bonchev–Trinajstić information content (AvgIpc) is 2.77. The highest BCUT2D eigenvalue weighted by molar-refractivity contribution is 7.92. The van der Waals surface area contributed by atoms with Crippen molar-refractivity contribution in [3.63, 3.8) is 0 Å². The van der Waals surface area contributed by atoms with Gasteiger partial charge in [-0.05, 0) is 61.7 Å². The van der Waals surface area contributed by atoms with Crippen molar-refractivity contribution >= 4 is 37.3 Å². The zero-order valence-corrected chi connectivity index (χ0v) is 20.6. The van der Waals surface area contributed by atoms with Crippen LogP contribution in [0.15, 0.2) is 47.4 Å². The Morgan fingerprint density at radius 1 is 1.03 bits per heavy atom. The summed E-state index contributed by atoms with van der Waals surface area (Å²) in [5, 5.41) is 2.63. The number of nitrogens with zero attached hydrogens (tertiary/aromatic N) is 2. The van der Waals surface area contributed by atoms with Gasteiger partial charge in [0.05, 0.1) is 23.9 Å². The van der Waals surface area contributed by atoms with Crippen LogP contribution in [0.25, 0.3) is 0 Å². The largest absolute Gasteiger partial charge is 0.495 e. The standard InChI is InChI=1S/C22H29N3O6S2/c1-17-7-12-21(31-2)20(15-17)25(32(3,27)28)16-22(26)23-18-8-10-19(11-9-18)33(29,30)24-13-5-4-6-14-24/h7-12,15H,4-6,13-14,16H2,1-3H3,(H,23,26). The first-order valence-corrected chi connectivity index (χ1v) is 13.8. The van der Waals surface area contributed by atoms with Gasteiger partial charge in [-0.2, -0.15) is 4.31 Å². The molecule has 33 heavy (non-hydrogen) atoms. The molecule has 1 amide bonds. The normalized spacial score (nSPS) is 15.1. The molecule has 1 saturated heterocycles. The maximum atomic E-state index is 12.8. The first-order valence-electron chi connectivity index (χ1n) is 10.5. The van der Waals surface area contributed by atoms with Crippen molar-refractivity contribution in [2.75, 3.05) is 42.6 Å². The second kappa shape index (κ2) is 10.1. The van der Waals surface area contributed by atoms with Gasteiger partial charge in [-0.3, -0.25) is 9.10 Å². The Morgan fingerprint density at radius 3 is 2.24 bits per heavy atom. The van der Waals surface area contributed by atoms with E-state index in [9.17, 15) is 21.6 Å². The molecule has 0 bridgehead atoms. The number of amides is 1. The molecule has 0 unspecified atom stereocenters. The Hall–Kier alpha value is -2.63. The molecular formula is C22H29N3O6S2. The van der Waals surface area contributed by atoms with Gasteiger partial charge in [0.1, 0.15) is 12.3 Å². The first-order chi connectivity index (χ1) is 15.5. The highest BCUT2D eigenvalue weighted by Gasteiger charge is 2.26. The maximum Gasteiger partial charge on any atom is 0.245 e. The number of anilines is 2. The van der Waals surface area contributed by atoms with E-state index in [-0.39, 0.29) is 10.6 Å². The van der Waals surface area contributed by atoms with Crippen LogP contribution in [0.1, 0.15) is 24.8 Å². The fourth-order valence-electron chi connectivity index (χ4n) is 3.67. The van der Waals surface area contributed by atoms with Gasteiger partial charge in [0.25, 0.3) is 0 Å². The molecule has 1 aliphatic rings. The number of methoxy groups -OCH3 is 1. The predicted molar refractivity (Wildman–Crippen MR) is 128 cm³/mol. The van der Waals surface area contributed by atoms with E-state index < -0.39 is 32.5 Å². The number of hydrogen-bond acceptors (Lipinski definition) is 6. The van der Waals surface area contributed by atoms with E-state index in [1.807, 2.05) is 6.92 Å². The molecule has 1 fully saturated rings. The highest BCUT2D eigenvalue weighted by atomic mass is 32.2. The Bertz CT molecular complexity index is 1210. The molecule has 1 aliphatic heterocycles. The summed E-state index contributed by atoms with van der Waals surface area (Å²) in [6.45, 7) is 2.35. The van der Waals surface area contributed by atoms with Crippen LogP contribution < -0.4 is 14.4 Å². The topological polar surface area (TPSA) is 113 Å². The van der Waals surface area contributed by atoms with Crippen molar-refractivity contribution < 1.29 is 26.4 Å². The van der Waals surface area contributed by atoms with E-state index in [0.29, 0.717) is 24.5 Å². The van der Waals surface area contributed by atoms with Gasteiger partial charge in [-0.15, -0.1) is 0 Å². The Kier molecular flexibility index (Phi) is 7.65. The summed E-state index contributed by atoms with van der Waals surface area (Å²) < 4.78 is 58.1. The molecule has 180 valence electrons. The van der Waals surface area contributed by atoms with E-state index in [2.05, 4.69) is 5.32 Å². The molecule has 0 aromatic heterocycles. The van der Waals surface area contributed by atoms with Gasteiger partial charge in [0, 0.05) is 18.8 Å². The third kappa shape index (κ3) is 6.04. The van der Waals surface area contributed by atoms with Gasteiger partial charge < -0.3 is 10.1 Å². The summed E-state index contributed by atoms with van der Waals surface area (Å²) in [5.74, 6) is -0.248. The van der Waals surface area contributed by atoms with Crippen LogP contribution in [0, 0.1) is 6.92 Å². The fourth-order valence-corrected chi connectivity index (χ4v) is 6.04. The third-order valence-electron chi connectivity index (χ3n) is 5.38. The molecule has 0 spiro atoms. The van der Waals surface area contributed by atoms with Gasteiger partial charge in [0.2, 0.25) is 26.0 Å². The highest BCUT2D eigenvalue weighted by Crippen LogP contribution is 2.31. The second-order valence-electron chi connectivity index (χ2n) is 7.98. The van der Waals surface area contributed by atoms with Gasteiger partial charge in [-0.25, -0.2) is 16.8 Å². The molecule has 0 aliphatic carbocycles.